The van der Waals surface area contributed by atoms with Crippen LogP contribution >= 0.6 is 0 Å². The number of hydrogen-bond acceptors (Lipinski definition) is 2. The molecule has 0 aliphatic heterocycles. The number of carboxylic acids is 1. The second-order valence-electron chi connectivity index (χ2n) is 4.39. The summed E-state index contributed by atoms with van der Waals surface area (Å²) in [6.07, 6.45) is 2.37. The van der Waals surface area contributed by atoms with Crippen molar-refractivity contribution in [3.8, 4) is 0 Å². The summed E-state index contributed by atoms with van der Waals surface area (Å²) in [5.74, 6) is -0.351. The molecule has 1 atom stereocenters. The van der Waals surface area contributed by atoms with E-state index in [0.717, 1.165) is 6.54 Å². The van der Waals surface area contributed by atoms with E-state index in [4.69, 9.17) is 5.11 Å². The molecule has 0 saturated heterocycles. The van der Waals surface area contributed by atoms with E-state index < -0.39 is 12.0 Å². The topological polar surface area (TPSA) is 60.9 Å². The van der Waals surface area contributed by atoms with E-state index >= 15 is 0 Å². The fraction of sp³-hybridized carbons (Fsp3) is 0.818. The lowest BCUT2D eigenvalue weighted by atomic mass is 10.3. The molecular formula is C11H20N2O3. The lowest BCUT2D eigenvalue weighted by Gasteiger charge is -2.29. The molecule has 2 amide bonds. The van der Waals surface area contributed by atoms with Gasteiger partial charge in [0.15, 0.2) is 0 Å². The van der Waals surface area contributed by atoms with Crippen molar-refractivity contribution < 1.29 is 14.7 Å². The molecule has 0 bridgehead atoms. The second-order valence-corrected chi connectivity index (χ2v) is 4.39. The van der Waals surface area contributed by atoms with Gasteiger partial charge >= 0.3 is 12.0 Å². The number of nitrogens with zero attached hydrogens (tertiary/aromatic N) is 2. The van der Waals surface area contributed by atoms with Gasteiger partial charge in [-0.1, -0.05) is 0 Å². The molecule has 1 aliphatic carbocycles. The number of amides is 2. The lowest BCUT2D eigenvalue weighted by molar-refractivity contribution is -0.141. The molecule has 0 aromatic heterocycles. The van der Waals surface area contributed by atoms with E-state index in [1.54, 1.807) is 4.90 Å². The Morgan fingerprint density at radius 3 is 2.38 bits per heavy atom. The highest BCUT2D eigenvalue weighted by Gasteiger charge is 2.30. The number of urea groups is 1. The van der Waals surface area contributed by atoms with Gasteiger partial charge in [0.2, 0.25) is 0 Å². The molecule has 1 saturated carbocycles. The molecule has 92 valence electrons. The molecule has 5 nitrogen and oxygen atoms in total. The van der Waals surface area contributed by atoms with Crippen molar-refractivity contribution in [3.63, 3.8) is 0 Å². The zero-order valence-electron chi connectivity index (χ0n) is 10.1. The summed E-state index contributed by atoms with van der Waals surface area (Å²) < 4.78 is 0. The van der Waals surface area contributed by atoms with Crippen molar-refractivity contribution >= 4 is 12.0 Å². The fourth-order valence-electron chi connectivity index (χ4n) is 1.51. The standard InChI is InChI=1S/C11H20N2O3/c1-4-13(7-9-5-6-9)11(16)12(3)8(2)10(14)15/h8-9H,4-7H2,1-3H3,(H,14,15). The number of likely N-dealkylation sites (N-methyl/N-ethyl adjacent to an activating group) is 1. The molecule has 0 radical (unpaired) electrons. The normalized spacial score (nSPS) is 16.7. The van der Waals surface area contributed by atoms with Gasteiger partial charge in [0, 0.05) is 20.1 Å². The number of hydrogen-bond donors (Lipinski definition) is 1. The largest absolute Gasteiger partial charge is 0.480 e. The average molecular weight is 228 g/mol. The lowest BCUT2D eigenvalue weighted by Crippen LogP contribution is -2.48. The SMILES string of the molecule is CCN(CC1CC1)C(=O)N(C)C(C)C(=O)O. The van der Waals surface area contributed by atoms with Gasteiger partial charge < -0.3 is 14.9 Å². The number of aliphatic carboxylic acids is 1. The first kappa shape index (κ1) is 12.8. The minimum absolute atomic E-state index is 0.190. The van der Waals surface area contributed by atoms with Crippen LogP contribution in [0.25, 0.3) is 0 Å². The molecule has 0 aromatic rings. The number of carbonyl (C=O) groups is 2. The Balaban J connectivity index is 2.54. The summed E-state index contributed by atoms with van der Waals surface area (Å²) in [5, 5.41) is 8.84. The smallest absolute Gasteiger partial charge is 0.326 e. The van der Waals surface area contributed by atoms with Crippen molar-refractivity contribution in [2.24, 2.45) is 5.92 Å². The van der Waals surface area contributed by atoms with Crippen molar-refractivity contribution in [2.75, 3.05) is 20.1 Å². The summed E-state index contributed by atoms with van der Waals surface area (Å²) in [4.78, 5) is 25.8. The molecule has 1 N–H and O–H groups in total. The molecule has 16 heavy (non-hydrogen) atoms. The summed E-state index contributed by atoms with van der Waals surface area (Å²) >= 11 is 0. The Labute approximate surface area is 96.0 Å². The maximum absolute atomic E-state index is 12.0. The summed E-state index contributed by atoms with van der Waals surface area (Å²) in [6, 6.07) is -0.968. The summed E-state index contributed by atoms with van der Waals surface area (Å²) in [5.41, 5.74) is 0. The van der Waals surface area contributed by atoms with Crippen LogP contribution in [-0.2, 0) is 4.79 Å². The number of carboxylic acid groups (broad SMARTS) is 1. The van der Waals surface area contributed by atoms with Gasteiger partial charge in [-0.25, -0.2) is 9.59 Å². The van der Waals surface area contributed by atoms with Crippen LogP contribution in [0.2, 0.25) is 0 Å². The first-order chi connectivity index (χ1) is 7.47. The van der Waals surface area contributed by atoms with Gasteiger partial charge in [0.25, 0.3) is 0 Å². The van der Waals surface area contributed by atoms with Crippen LogP contribution in [-0.4, -0.2) is 53.1 Å². The van der Waals surface area contributed by atoms with Crippen molar-refractivity contribution in [3.05, 3.63) is 0 Å². The van der Waals surface area contributed by atoms with Gasteiger partial charge in [-0.2, -0.15) is 0 Å². The quantitative estimate of drug-likeness (QED) is 0.770. The Morgan fingerprint density at radius 2 is 2.00 bits per heavy atom. The van der Waals surface area contributed by atoms with Gasteiger partial charge in [0.1, 0.15) is 6.04 Å². The minimum atomic E-state index is -0.974. The predicted molar refractivity (Wildman–Crippen MR) is 60.2 cm³/mol. The first-order valence-electron chi connectivity index (χ1n) is 5.71. The van der Waals surface area contributed by atoms with Crippen LogP contribution < -0.4 is 0 Å². The highest BCUT2D eigenvalue weighted by molar-refractivity contribution is 5.82. The highest BCUT2D eigenvalue weighted by atomic mass is 16.4. The summed E-state index contributed by atoms with van der Waals surface area (Å²) in [7, 11) is 1.54. The first-order valence-corrected chi connectivity index (χ1v) is 5.71. The molecule has 1 unspecified atom stereocenters. The number of rotatable bonds is 5. The van der Waals surface area contributed by atoms with Crippen LogP contribution in [0.15, 0.2) is 0 Å². The Kier molecular flexibility index (Phi) is 4.15. The van der Waals surface area contributed by atoms with Gasteiger partial charge in [-0.15, -0.1) is 0 Å². The Morgan fingerprint density at radius 1 is 1.44 bits per heavy atom. The third-order valence-corrected chi connectivity index (χ3v) is 3.07. The molecule has 1 aliphatic rings. The molecule has 1 fully saturated rings. The Hall–Kier alpha value is -1.26. The van der Waals surface area contributed by atoms with Gasteiger partial charge in [0.05, 0.1) is 0 Å². The van der Waals surface area contributed by atoms with Crippen LogP contribution in [0.5, 0.6) is 0 Å². The van der Waals surface area contributed by atoms with E-state index in [0.29, 0.717) is 12.5 Å². The maximum atomic E-state index is 12.0. The van der Waals surface area contributed by atoms with Gasteiger partial charge in [-0.3, -0.25) is 0 Å². The Bertz CT molecular complexity index is 276. The predicted octanol–water partition coefficient (Wildman–Crippen LogP) is 1.24. The van der Waals surface area contributed by atoms with Crippen molar-refractivity contribution in [1.82, 2.24) is 9.80 Å². The van der Waals surface area contributed by atoms with Crippen molar-refractivity contribution in [2.45, 2.75) is 32.7 Å². The highest BCUT2D eigenvalue weighted by Crippen LogP contribution is 2.29. The van der Waals surface area contributed by atoms with E-state index in [1.165, 1.54) is 31.7 Å². The van der Waals surface area contributed by atoms with E-state index in [9.17, 15) is 9.59 Å². The molecular weight excluding hydrogens is 208 g/mol. The van der Waals surface area contributed by atoms with E-state index in [-0.39, 0.29) is 6.03 Å². The summed E-state index contributed by atoms with van der Waals surface area (Å²) in [6.45, 7) is 4.82. The average Bonchev–Trinajstić information content (AvgIpc) is 3.06. The zero-order chi connectivity index (χ0) is 12.3. The van der Waals surface area contributed by atoms with Crippen LogP contribution in [0.4, 0.5) is 4.79 Å². The van der Waals surface area contributed by atoms with E-state index in [2.05, 4.69) is 0 Å². The van der Waals surface area contributed by atoms with Crippen LogP contribution in [0.1, 0.15) is 26.7 Å². The van der Waals surface area contributed by atoms with Crippen LogP contribution in [0, 0.1) is 5.92 Å². The van der Waals surface area contributed by atoms with Crippen molar-refractivity contribution in [1.29, 1.82) is 0 Å². The third-order valence-electron chi connectivity index (χ3n) is 3.07. The fourth-order valence-corrected chi connectivity index (χ4v) is 1.51. The zero-order valence-corrected chi connectivity index (χ0v) is 10.1. The number of carbonyl (C=O) groups excluding carboxylic acids is 1. The monoisotopic (exact) mass is 228 g/mol. The third kappa shape index (κ3) is 3.12. The molecule has 0 spiro atoms. The molecule has 0 aromatic carbocycles. The van der Waals surface area contributed by atoms with Crippen LogP contribution in [0.3, 0.4) is 0 Å². The molecule has 5 heteroatoms. The van der Waals surface area contributed by atoms with E-state index in [1.807, 2.05) is 6.92 Å². The minimum Gasteiger partial charge on any atom is -0.480 e. The second kappa shape index (κ2) is 5.18. The maximum Gasteiger partial charge on any atom is 0.326 e. The molecule has 1 rings (SSSR count). The van der Waals surface area contributed by atoms with Gasteiger partial charge in [-0.05, 0) is 32.6 Å². The molecule has 0 heterocycles.